The van der Waals surface area contributed by atoms with Gasteiger partial charge in [0, 0.05) is 37.3 Å². The smallest absolute Gasteiger partial charge is 0.475 e. The number of rotatable bonds is 5. The van der Waals surface area contributed by atoms with Gasteiger partial charge in [0.25, 0.3) is 0 Å². The highest BCUT2D eigenvalue weighted by atomic mass is 32.1. The average Bonchev–Trinajstić information content (AvgIpc) is 3.29. The van der Waals surface area contributed by atoms with E-state index in [1.165, 1.54) is 23.4 Å². The number of carbonyl (C=O) groups is 1. The van der Waals surface area contributed by atoms with Crippen LogP contribution in [0.2, 0.25) is 0 Å². The van der Waals surface area contributed by atoms with Gasteiger partial charge in [-0.15, -0.1) is 11.3 Å². The molecule has 0 bridgehead atoms. The molecule has 11 heteroatoms. The lowest BCUT2D eigenvalue weighted by atomic mass is 10.3. The van der Waals surface area contributed by atoms with E-state index in [2.05, 4.69) is 32.7 Å². The number of aryl methyl sites for hydroxylation is 1. The largest absolute Gasteiger partial charge is 0.490 e. The van der Waals surface area contributed by atoms with Crippen molar-refractivity contribution >= 4 is 17.3 Å². The third-order valence-electron chi connectivity index (χ3n) is 4.75. The zero-order chi connectivity index (χ0) is 21.0. The van der Waals surface area contributed by atoms with Crippen molar-refractivity contribution in [1.82, 2.24) is 19.7 Å². The molecule has 1 saturated carbocycles. The predicted octanol–water partition coefficient (Wildman–Crippen LogP) is 3.09. The molecule has 1 aliphatic heterocycles. The molecule has 2 aromatic heterocycles. The summed E-state index contributed by atoms with van der Waals surface area (Å²) >= 11 is 1.75. The van der Waals surface area contributed by atoms with Crippen LogP contribution in [0.15, 0.2) is 17.8 Å². The number of thiazole rings is 1. The zero-order valence-electron chi connectivity index (χ0n) is 15.9. The Bertz CT molecular complexity index is 819. The summed E-state index contributed by atoms with van der Waals surface area (Å²) in [6.07, 6.45) is -0.281. The minimum Gasteiger partial charge on any atom is -0.475 e. The molecule has 29 heavy (non-hydrogen) atoms. The first-order valence-electron chi connectivity index (χ1n) is 9.26. The van der Waals surface area contributed by atoms with Crippen molar-refractivity contribution in [3.05, 3.63) is 34.0 Å². The van der Waals surface area contributed by atoms with Crippen LogP contribution in [0, 0.1) is 12.8 Å². The fraction of sp³-hybridized carbons (Fsp3) is 0.611. The van der Waals surface area contributed by atoms with E-state index in [9.17, 15) is 13.2 Å². The van der Waals surface area contributed by atoms with E-state index in [0.717, 1.165) is 44.4 Å². The van der Waals surface area contributed by atoms with Crippen LogP contribution in [0.25, 0.3) is 0 Å². The number of carboxylic acids is 1. The number of aliphatic carboxylic acids is 1. The molecule has 0 radical (unpaired) electrons. The van der Waals surface area contributed by atoms with Gasteiger partial charge >= 0.3 is 12.1 Å². The van der Waals surface area contributed by atoms with Crippen molar-refractivity contribution in [2.45, 2.75) is 51.7 Å². The van der Waals surface area contributed by atoms with Gasteiger partial charge in [-0.2, -0.15) is 18.3 Å². The van der Waals surface area contributed by atoms with Crippen LogP contribution in [0.5, 0.6) is 0 Å². The third-order valence-corrected chi connectivity index (χ3v) is 5.67. The Morgan fingerprint density at radius 2 is 2.10 bits per heavy atom. The van der Waals surface area contributed by atoms with Gasteiger partial charge in [-0.1, -0.05) is 0 Å². The Labute approximate surface area is 170 Å². The SMILES string of the molecule is Cc1ncsc1CN1Cc2ccnn2CC(OCC2CC2)C1.O=C(O)C(F)(F)F. The Morgan fingerprint density at radius 3 is 2.69 bits per heavy atom. The van der Waals surface area contributed by atoms with Gasteiger partial charge in [-0.05, 0) is 31.7 Å². The number of nitrogens with zero attached hydrogens (tertiary/aromatic N) is 4. The molecule has 0 amide bonds. The van der Waals surface area contributed by atoms with Crippen molar-refractivity contribution in [1.29, 1.82) is 0 Å². The summed E-state index contributed by atoms with van der Waals surface area (Å²) in [5, 5.41) is 11.6. The van der Waals surface area contributed by atoms with Crippen LogP contribution < -0.4 is 0 Å². The number of hydrogen-bond acceptors (Lipinski definition) is 6. The molecule has 3 heterocycles. The molecule has 0 saturated heterocycles. The Morgan fingerprint density at radius 1 is 1.38 bits per heavy atom. The molecule has 1 fully saturated rings. The lowest BCUT2D eigenvalue weighted by Gasteiger charge is -2.23. The van der Waals surface area contributed by atoms with Crippen molar-refractivity contribution < 1.29 is 27.8 Å². The van der Waals surface area contributed by atoms with Crippen LogP contribution in [0.3, 0.4) is 0 Å². The number of hydrogen-bond donors (Lipinski definition) is 1. The molecule has 1 N–H and O–H groups in total. The Balaban J connectivity index is 0.000000298. The number of aromatic nitrogens is 3. The molecule has 0 aromatic carbocycles. The molecule has 2 aliphatic rings. The van der Waals surface area contributed by atoms with E-state index in [1.807, 2.05) is 11.7 Å². The molecule has 160 valence electrons. The molecule has 4 rings (SSSR count). The van der Waals surface area contributed by atoms with Gasteiger partial charge in [0.2, 0.25) is 0 Å². The van der Waals surface area contributed by atoms with E-state index in [1.54, 1.807) is 11.3 Å². The highest BCUT2D eigenvalue weighted by Gasteiger charge is 2.38. The molecule has 2 aromatic rings. The van der Waals surface area contributed by atoms with Gasteiger partial charge in [0.15, 0.2) is 0 Å². The first-order chi connectivity index (χ1) is 13.7. The first-order valence-corrected chi connectivity index (χ1v) is 10.1. The molecule has 0 spiro atoms. The second-order valence-corrected chi connectivity index (χ2v) is 8.18. The molecular formula is C18H23F3N4O3S. The van der Waals surface area contributed by atoms with Gasteiger partial charge in [-0.25, -0.2) is 9.78 Å². The maximum Gasteiger partial charge on any atom is 0.490 e. The fourth-order valence-electron chi connectivity index (χ4n) is 2.95. The highest BCUT2D eigenvalue weighted by Crippen LogP contribution is 2.30. The number of carboxylic acid groups (broad SMARTS) is 1. The molecule has 1 atom stereocenters. The minimum absolute atomic E-state index is 0.231. The standard InChI is InChI=1S/C16H22N4OS.C2HF3O2/c1-12-16(22-11-17-12)9-19-6-14-4-5-18-20(14)8-15(7-19)21-10-13-2-3-13;3-2(4,5)1(6)7/h4-5,11,13,15H,2-3,6-10H2,1H3;(H,6,7). The van der Waals surface area contributed by atoms with E-state index in [-0.39, 0.29) is 6.10 Å². The molecule has 1 unspecified atom stereocenters. The molecule has 1 aliphatic carbocycles. The predicted molar refractivity (Wildman–Crippen MR) is 99.3 cm³/mol. The minimum atomic E-state index is -5.08. The second-order valence-electron chi connectivity index (χ2n) is 7.24. The molecular weight excluding hydrogens is 409 g/mol. The van der Waals surface area contributed by atoms with Crippen molar-refractivity contribution in [3.63, 3.8) is 0 Å². The zero-order valence-corrected chi connectivity index (χ0v) is 16.7. The van der Waals surface area contributed by atoms with Gasteiger partial charge < -0.3 is 9.84 Å². The number of fused-ring (bicyclic) bond motifs is 1. The maximum atomic E-state index is 10.6. The normalized spacial score (nSPS) is 19.8. The maximum absolute atomic E-state index is 10.6. The van der Waals surface area contributed by atoms with Crippen LogP contribution in [0.4, 0.5) is 13.2 Å². The topological polar surface area (TPSA) is 80.5 Å². The summed E-state index contributed by atoms with van der Waals surface area (Å²) < 4.78 is 40.0. The van der Waals surface area contributed by atoms with Gasteiger partial charge in [0.05, 0.1) is 29.5 Å². The van der Waals surface area contributed by atoms with Crippen molar-refractivity contribution in [2.75, 3.05) is 13.2 Å². The van der Waals surface area contributed by atoms with E-state index < -0.39 is 12.1 Å². The van der Waals surface area contributed by atoms with E-state index in [4.69, 9.17) is 14.6 Å². The van der Waals surface area contributed by atoms with Crippen LogP contribution >= 0.6 is 11.3 Å². The molecule has 7 nitrogen and oxygen atoms in total. The van der Waals surface area contributed by atoms with Crippen molar-refractivity contribution in [3.8, 4) is 0 Å². The summed E-state index contributed by atoms with van der Waals surface area (Å²) in [5.41, 5.74) is 4.37. The second kappa shape index (κ2) is 9.23. The Hall–Kier alpha value is -1.98. The monoisotopic (exact) mass is 432 g/mol. The number of ether oxygens (including phenoxy) is 1. The summed E-state index contributed by atoms with van der Waals surface area (Å²) in [7, 11) is 0. The summed E-state index contributed by atoms with van der Waals surface area (Å²) in [4.78, 5) is 17.1. The summed E-state index contributed by atoms with van der Waals surface area (Å²) in [6, 6.07) is 2.12. The van der Waals surface area contributed by atoms with E-state index in [0.29, 0.717) is 0 Å². The van der Waals surface area contributed by atoms with Crippen LogP contribution in [-0.2, 0) is 29.2 Å². The summed E-state index contributed by atoms with van der Waals surface area (Å²) in [6.45, 7) is 6.72. The van der Waals surface area contributed by atoms with Crippen LogP contribution in [0.1, 0.15) is 29.1 Å². The average molecular weight is 432 g/mol. The van der Waals surface area contributed by atoms with Gasteiger partial charge in [-0.3, -0.25) is 9.58 Å². The van der Waals surface area contributed by atoms with E-state index >= 15 is 0 Å². The van der Waals surface area contributed by atoms with Crippen LogP contribution in [-0.4, -0.2) is 56.2 Å². The lowest BCUT2D eigenvalue weighted by Crippen LogP contribution is -2.33. The lowest BCUT2D eigenvalue weighted by molar-refractivity contribution is -0.192. The third kappa shape index (κ3) is 6.51. The quantitative estimate of drug-likeness (QED) is 0.782. The summed E-state index contributed by atoms with van der Waals surface area (Å²) in [5.74, 6) is -1.95. The number of halogens is 3. The Kier molecular flexibility index (Phi) is 6.91. The van der Waals surface area contributed by atoms with Crippen molar-refractivity contribution in [2.24, 2.45) is 5.92 Å². The number of alkyl halides is 3. The fourth-order valence-corrected chi connectivity index (χ4v) is 3.77. The first kappa shape index (κ1) is 21.7. The van der Waals surface area contributed by atoms with Gasteiger partial charge in [0.1, 0.15) is 0 Å². The highest BCUT2D eigenvalue weighted by molar-refractivity contribution is 7.09.